The third-order valence-corrected chi connectivity index (χ3v) is 6.43. The molecule has 7 heteroatoms. The molecule has 36 heavy (non-hydrogen) atoms. The van der Waals surface area contributed by atoms with Crippen molar-refractivity contribution in [3.8, 4) is 17.7 Å². The Morgan fingerprint density at radius 3 is 2.58 bits per heavy atom. The Kier molecular flexibility index (Phi) is 6.11. The SMILES string of the molecule is CC(C)(C#N)c1ccc(CC(=O)c2cccc(Oc3ccc4nc(CC(=O)C5CC5)cn4n3)c2)cc1. The zero-order valence-electron chi connectivity index (χ0n) is 20.3. The third kappa shape index (κ3) is 5.18. The van der Waals surface area contributed by atoms with Crippen LogP contribution in [-0.4, -0.2) is 26.2 Å². The predicted molar refractivity (Wildman–Crippen MR) is 134 cm³/mol. The highest BCUT2D eigenvalue weighted by Gasteiger charge is 2.29. The van der Waals surface area contributed by atoms with Gasteiger partial charge in [0.25, 0.3) is 0 Å². The van der Waals surface area contributed by atoms with Gasteiger partial charge in [-0.15, -0.1) is 5.10 Å². The van der Waals surface area contributed by atoms with E-state index >= 15 is 0 Å². The van der Waals surface area contributed by atoms with E-state index in [4.69, 9.17) is 4.74 Å². The lowest BCUT2D eigenvalue weighted by atomic mass is 9.85. The number of hydrogen-bond acceptors (Lipinski definition) is 6. The van der Waals surface area contributed by atoms with Crippen molar-refractivity contribution in [2.75, 3.05) is 0 Å². The molecule has 1 fully saturated rings. The van der Waals surface area contributed by atoms with Crippen molar-refractivity contribution in [3.63, 3.8) is 0 Å². The van der Waals surface area contributed by atoms with Gasteiger partial charge in [0.05, 0.1) is 29.8 Å². The largest absolute Gasteiger partial charge is 0.438 e. The Labute approximate surface area is 209 Å². The molecule has 1 saturated carbocycles. The molecule has 2 aromatic heterocycles. The van der Waals surface area contributed by atoms with E-state index in [0.717, 1.165) is 24.0 Å². The number of hydrogen-bond donors (Lipinski definition) is 0. The number of nitrogens with zero attached hydrogens (tertiary/aromatic N) is 4. The summed E-state index contributed by atoms with van der Waals surface area (Å²) >= 11 is 0. The number of ketones is 2. The highest BCUT2D eigenvalue weighted by Crippen LogP contribution is 2.31. The summed E-state index contributed by atoms with van der Waals surface area (Å²) in [4.78, 5) is 29.5. The molecule has 7 nitrogen and oxygen atoms in total. The monoisotopic (exact) mass is 478 g/mol. The van der Waals surface area contributed by atoms with Crippen LogP contribution in [0.4, 0.5) is 0 Å². The van der Waals surface area contributed by atoms with Gasteiger partial charge in [-0.05, 0) is 56.0 Å². The number of imidazole rings is 1. The summed E-state index contributed by atoms with van der Waals surface area (Å²) in [6.07, 6.45) is 4.30. The minimum absolute atomic E-state index is 0.0317. The van der Waals surface area contributed by atoms with Gasteiger partial charge in [0, 0.05) is 24.0 Å². The summed E-state index contributed by atoms with van der Waals surface area (Å²) in [5, 5.41) is 13.8. The van der Waals surface area contributed by atoms with E-state index in [1.54, 1.807) is 47.1 Å². The maximum atomic E-state index is 12.9. The van der Waals surface area contributed by atoms with Gasteiger partial charge in [-0.2, -0.15) is 5.26 Å². The average Bonchev–Trinajstić information content (AvgIpc) is 3.65. The lowest BCUT2D eigenvalue weighted by molar-refractivity contribution is -0.119. The molecule has 2 aromatic carbocycles. The summed E-state index contributed by atoms with van der Waals surface area (Å²) in [7, 11) is 0. The topological polar surface area (TPSA) is 97.4 Å². The zero-order chi connectivity index (χ0) is 25.3. The first kappa shape index (κ1) is 23.4. The van der Waals surface area contributed by atoms with Gasteiger partial charge in [-0.3, -0.25) is 9.59 Å². The molecule has 0 bridgehead atoms. The van der Waals surface area contributed by atoms with Crippen LogP contribution in [0.15, 0.2) is 66.9 Å². The molecule has 1 aliphatic carbocycles. The molecule has 0 aliphatic heterocycles. The molecule has 2 heterocycles. The minimum atomic E-state index is -0.572. The number of fused-ring (bicyclic) bond motifs is 1. The van der Waals surface area contributed by atoms with Gasteiger partial charge in [0.2, 0.25) is 5.88 Å². The van der Waals surface area contributed by atoms with Gasteiger partial charge in [0.1, 0.15) is 11.5 Å². The number of aromatic nitrogens is 3. The number of benzene rings is 2. The molecule has 5 rings (SSSR count). The second-order valence-electron chi connectivity index (χ2n) is 9.79. The van der Waals surface area contributed by atoms with Gasteiger partial charge in [-0.25, -0.2) is 9.50 Å². The van der Waals surface area contributed by atoms with Crippen LogP contribution in [0.2, 0.25) is 0 Å². The number of Topliss-reactive ketones (excluding diaryl/α,β-unsaturated/α-hetero) is 2. The fourth-order valence-corrected chi connectivity index (χ4v) is 4.03. The first-order chi connectivity index (χ1) is 17.3. The van der Waals surface area contributed by atoms with E-state index in [9.17, 15) is 14.9 Å². The lowest BCUT2D eigenvalue weighted by Crippen LogP contribution is -2.13. The summed E-state index contributed by atoms with van der Waals surface area (Å²) in [5.41, 5.74) is 3.12. The number of rotatable bonds is 9. The summed E-state index contributed by atoms with van der Waals surface area (Å²) in [6.45, 7) is 3.74. The molecule has 0 radical (unpaired) electrons. The quantitative estimate of drug-likeness (QED) is 0.304. The average molecular weight is 479 g/mol. The summed E-state index contributed by atoms with van der Waals surface area (Å²) in [5.74, 6) is 1.27. The van der Waals surface area contributed by atoms with Crippen molar-refractivity contribution in [2.45, 2.75) is 44.9 Å². The zero-order valence-corrected chi connectivity index (χ0v) is 20.3. The molecule has 0 spiro atoms. The Balaban J connectivity index is 1.26. The van der Waals surface area contributed by atoms with Gasteiger partial charge >= 0.3 is 0 Å². The Morgan fingerprint density at radius 1 is 1.08 bits per heavy atom. The van der Waals surface area contributed by atoms with E-state index in [1.807, 2.05) is 38.1 Å². The Hall–Kier alpha value is -4.31. The van der Waals surface area contributed by atoms with E-state index in [2.05, 4.69) is 16.2 Å². The Bertz CT molecular complexity index is 1490. The summed E-state index contributed by atoms with van der Waals surface area (Å²) in [6, 6.07) is 20.4. The molecular formula is C29H26N4O3. The van der Waals surface area contributed by atoms with Crippen LogP contribution < -0.4 is 4.74 Å². The highest BCUT2D eigenvalue weighted by molar-refractivity contribution is 5.97. The normalized spacial score (nSPS) is 13.4. The fourth-order valence-electron chi connectivity index (χ4n) is 4.03. The number of ether oxygens (including phenoxy) is 1. The maximum Gasteiger partial charge on any atom is 0.237 e. The number of carbonyl (C=O) groups excluding carboxylic acids is 2. The van der Waals surface area contributed by atoms with E-state index in [1.165, 1.54) is 0 Å². The Morgan fingerprint density at radius 2 is 1.86 bits per heavy atom. The van der Waals surface area contributed by atoms with Crippen LogP contribution >= 0.6 is 0 Å². The molecule has 180 valence electrons. The summed E-state index contributed by atoms with van der Waals surface area (Å²) < 4.78 is 7.53. The van der Waals surface area contributed by atoms with Gasteiger partial charge < -0.3 is 4.74 Å². The molecule has 4 aromatic rings. The van der Waals surface area contributed by atoms with Crippen LogP contribution in [0.1, 0.15) is 53.9 Å². The van der Waals surface area contributed by atoms with E-state index < -0.39 is 5.41 Å². The van der Waals surface area contributed by atoms with E-state index in [-0.39, 0.29) is 23.9 Å². The van der Waals surface area contributed by atoms with Crippen molar-refractivity contribution in [1.82, 2.24) is 14.6 Å². The van der Waals surface area contributed by atoms with Crippen molar-refractivity contribution in [2.24, 2.45) is 5.92 Å². The van der Waals surface area contributed by atoms with Crippen LogP contribution in [0.25, 0.3) is 5.65 Å². The standard InChI is InChI=1S/C29H26N4O3/c1-29(2,18-30)22-10-6-19(7-11-22)14-25(34)21-4-3-5-24(15-21)36-28-13-12-27-31-23(17-33(27)32-28)16-26(35)20-8-9-20/h3-7,10-13,15,17,20H,8-9,14,16H2,1-2H3. The maximum absolute atomic E-state index is 12.9. The van der Waals surface area contributed by atoms with Crippen molar-refractivity contribution in [3.05, 3.63) is 89.2 Å². The van der Waals surface area contributed by atoms with E-state index in [0.29, 0.717) is 35.0 Å². The smallest absolute Gasteiger partial charge is 0.237 e. The first-order valence-electron chi connectivity index (χ1n) is 12.0. The van der Waals surface area contributed by atoms with Gasteiger partial charge in [-0.1, -0.05) is 36.4 Å². The predicted octanol–water partition coefficient (Wildman–Crippen LogP) is 5.27. The lowest BCUT2D eigenvalue weighted by Gasteiger charge is -2.15. The fraction of sp³-hybridized carbons (Fsp3) is 0.276. The third-order valence-electron chi connectivity index (χ3n) is 6.43. The molecule has 0 unspecified atom stereocenters. The molecule has 0 amide bonds. The molecule has 0 N–H and O–H groups in total. The van der Waals surface area contributed by atoms with Gasteiger partial charge in [0.15, 0.2) is 11.4 Å². The van der Waals surface area contributed by atoms with Crippen LogP contribution in [0.3, 0.4) is 0 Å². The molecular weight excluding hydrogens is 452 g/mol. The number of nitriles is 1. The van der Waals surface area contributed by atoms with Crippen molar-refractivity contribution in [1.29, 1.82) is 5.26 Å². The van der Waals surface area contributed by atoms with Crippen molar-refractivity contribution >= 4 is 17.2 Å². The second-order valence-corrected chi connectivity index (χ2v) is 9.79. The van der Waals surface area contributed by atoms with Crippen LogP contribution in [0.5, 0.6) is 11.6 Å². The highest BCUT2D eigenvalue weighted by atomic mass is 16.5. The van der Waals surface area contributed by atoms with Crippen LogP contribution in [-0.2, 0) is 23.1 Å². The molecule has 0 atom stereocenters. The number of carbonyl (C=O) groups is 2. The first-order valence-corrected chi connectivity index (χ1v) is 12.0. The van der Waals surface area contributed by atoms with Crippen LogP contribution in [0, 0.1) is 17.2 Å². The molecule has 1 aliphatic rings. The minimum Gasteiger partial charge on any atom is -0.438 e. The second kappa shape index (κ2) is 9.38. The van der Waals surface area contributed by atoms with Crippen molar-refractivity contribution < 1.29 is 14.3 Å². The molecule has 0 saturated heterocycles.